The molecule has 2 rings (SSSR count). The Labute approximate surface area is 134 Å². The maximum absolute atomic E-state index is 12.4. The molecule has 0 fully saturated rings. The van der Waals surface area contributed by atoms with Crippen LogP contribution in [0.5, 0.6) is 0 Å². The van der Waals surface area contributed by atoms with E-state index in [4.69, 9.17) is 34.8 Å². The molecule has 98 valence electrons. The summed E-state index contributed by atoms with van der Waals surface area (Å²) in [6.07, 6.45) is 0. The second-order valence-corrected chi connectivity index (χ2v) is 5.72. The molecule has 19 heavy (non-hydrogen) atoms. The minimum atomic E-state index is -0.215. The van der Waals surface area contributed by atoms with Crippen molar-refractivity contribution in [2.45, 2.75) is 5.33 Å². The van der Waals surface area contributed by atoms with Crippen molar-refractivity contribution in [3.63, 3.8) is 0 Å². The molecule has 0 atom stereocenters. The summed E-state index contributed by atoms with van der Waals surface area (Å²) in [6.45, 7) is 0. The van der Waals surface area contributed by atoms with Crippen LogP contribution >= 0.6 is 50.7 Å². The highest BCUT2D eigenvalue weighted by Crippen LogP contribution is 2.30. The molecular formula is C14H8BrCl3O. The van der Waals surface area contributed by atoms with Gasteiger partial charge < -0.3 is 0 Å². The van der Waals surface area contributed by atoms with Gasteiger partial charge in [0.15, 0.2) is 5.78 Å². The van der Waals surface area contributed by atoms with E-state index in [-0.39, 0.29) is 5.78 Å². The van der Waals surface area contributed by atoms with Gasteiger partial charge in [-0.05, 0) is 42.0 Å². The summed E-state index contributed by atoms with van der Waals surface area (Å²) in [4.78, 5) is 12.4. The smallest absolute Gasteiger partial charge is 0.196 e. The summed E-state index contributed by atoms with van der Waals surface area (Å²) in [5, 5.41) is 1.90. The van der Waals surface area contributed by atoms with E-state index in [0.29, 0.717) is 31.5 Å². The first kappa shape index (κ1) is 14.9. The van der Waals surface area contributed by atoms with Gasteiger partial charge in [-0.2, -0.15) is 0 Å². The summed E-state index contributed by atoms with van der Waals surface area (Å²) in [5.74, 6) is -0.215. The Morgan fingerprint density at radius 2 is 1.53 bits per heavy atom. The minimum absolute atomic E-state index is 0.215. The van der Waals surface area contributed by atoms with Crippen LogP contribution < -0.4 is 0 Å². The van der Waals surface area contributed by atoms with Crippen LogP contribution in [0.15, 0.2) is 36.4 Å². The summed E-state index contributed by atoms with van der Waals surface area (Å²) >= 11 is 21.4. The van der Waals surface area contributed by atoms with E-state index in [1.807, 2.05) is 0 Å². The molecule has 1 nitrogen and oxygen atoms in total. The zero-order chi connectivity index (χ0) is 14.0. The topological polar surface area (TPSA) is 17.1 Å². The predicted molar refractivity (Wildman–Crippen MR) is 84.0 cm³/mol. The molecule has 0 aliphatic heterocycles. The third kappa shape index (κ3) is 3.32. The van der Waals surface area contributed by atoms with Crippen molar-refractivity contribution < 1.29 is 4.79 Å². The first-order chi connectivity index (χ1) is 9.02. The molecular weight excluding hydrogens is 370 g/mol. The van der Waals surface area contributed by atoms with Crippen molar-refractivity contribution in [3.05, 3.63) is 68.2 Å². The average molecular weight is 378 g/mol. The summed E-state index contributed by atoms with van der Waals surface area (Å²) in [5.41, 5.74) is 1.73. The lowest BCUT2D eigenvalue weighted by Gasteiger charge is -2.08. The van der Waals surface area contributed by atoms with Gasteiger partial charge in [0, 0.05) is 15.9 Å². The number of ketones is 1. The maximum Gasteiger partial charge on any atom is 0.196 e. The van der Waals surface area contributed by atoms with Gasteiger partial charge in [-0.3, -0.25) is 4.79 Å². The average Bonchev–Trinajstić information content (AvgIpc) is 2.38. The molecule has 0 aliphatic carbocycles. The van der Waals surface area contributed by atoms with Gasteiger partial charge in [-0.15, -0.1) is 0 Å². The van der Waals surface area contributed by atoms with Gasteiger partial charge in [0.2, 0.25) is 0 Å². The molecule has 0 aromatic heterocycles. The zero-order valence-electron chi connectivity index (χ0n) is 9.59. The number of halogens is 4. The fraction of sp³-hybridized carbons (Fsp3) is 0.0714. The minimum Gasteiger partial charge on any atom is -0.288 e. The first-order valence-electron chi connectivity index (χ1n) is 5.37. The van der Waals surface area contributed by atoms with Gasteiger partial charge in [0.25, 0.3) is 0 Å². The third-order valence-corrected chi connectivity index (χ3v) is 4.09. The van der Waals surface area contributed by atoms with Crippen LogP contribution in [0.4, 0.5) is 0 Å². The van der Waals surface area contributed by atoms with E-state index in [1.165, 1.54) is 0 Å². The summed E-state index contributed by atoms with van der Waals surface area (Å²) < 4.78 is 0. The second kappa shape index (κ2) is 6.27. The fourth-order valence-electron chi connectivity index (χ4n) is 1.67. The molecule has 0 amide bonds. The van der Waals surface area contributed by atoms with E-state index in [0.717, 1.165) is 5.56 Å². The lowest BCUT2D eigenvalue weighted by molar-refractivity contribution is 0.103. The highest BCUT2D eigenvalue weighted by atomic mass is 79.9. The number of carbonyl (C=O) groups is 1. The van der Waals surface area contributed by atoms with Gasteiger partial charge in [0.1, 0.15) is 0 Å². The summed E-state index contributed by atoms with van der Waals surface area (Å²) in [6, 6.07) is 10.1. The molecule has 0 bridgehead atoms. The van der Waals surface area contributed by atoms with Gasteiger partial charge >= 0.3 is 0 Å². The molecule has 0 saturated carbocycles. The Balaban J connectivity index is 2.47. The Bertz CT molecular complexity index is 600. The highest BCUT2D eigenvalue weighted by Gasteiger charge is 2.17. The molecule has 0 saturated heterocycles. The normalized spacial score (nSPS) is 10.5. The fourth-order valence-corrected chi connectivity index (χ4v) is 2.82. The molecule has 0 spiro atoms. The zero-order valence-corrected chi connectivity index (χ0v) is 13.4. The molecule has 0 heterocycles. The van der Waals surface area contributed by atoms with Gasteiger partial charge in [0.05, 0.1) is 15.6 Å². The SMILES string of the molecule is O=C(c1ccc(Cl)cc1)c1c(Cl)cc(CBr)cc1Cl. The van der Waals surface area contributed by atoms with Crippen LogP contribution in [-0.4, -0.2) is 5.78 Å². The van der Waals surface area contributed by atoms with Crippen molar-refractivity contribution in [1.29, 1.82) is 0 Å². The van der Waals surface area contributed by atoms with Gasteiger partial charge in [-0.1, -0.05) is 50.7 Å². The first-order valence-corrected chi connectivity index (χ1v) is 7.62. The van der Waals surface area contributed by atoms with Crippen LogP contribution in [0.25, 0.3) is 0 Å². The van der Waals surface area contributed by atoms with Crippen molar-refractivity contribution in [2.24, 2.45) is 0 Å². The molecule has 0 radical (unpaired) electrons. The number of carbonyl (C=O) groups excluding carboxylic acids is 1. The quantitative estimate of drug-likeness (QED) is 0.489. The van der Waals surface area contributed by atoms with E-state index < -0.39 is 0 Å². The van der Waals surface area contributed by atoms with Crippen LogP contribution in [-0.2, 0) is 5.33 Å². The van der Waals surface area contributed by atoms with Crippen molar-refractivity contribution in [1.82, 2.24) is 0 Å². The summed E-state index contributed by atoms with van der Waals surface area (Å²) in [7, 11) is 0. The van der Waals surface area contributed by atoms with Crippen molar-refractivity contribution in [3.8, 4) is 0 Å². The Hall–Kier alpha value is -0.540. The number of benzene rings is 2. The Morgan fingerprint density at radius 1 is 1.00 bits per heavy atom. The molecule has 2 aromatic rings. The molecule has 5 heteroatoms. The number of alkyl halides is 1. The lowest BCUT2D eigenvalue weighted by atomic mass is 10.0. The van der Waals surface area contributed by atoms with Gasteiger partial charge in [-0.25, -0.2) is 0 Å². The standard InChI is InChI=1S/C14H8BrCl3O/c15-7-8-5-11(17)13(12(18)6-8)14(19)9-1-3-10(16)4-2-9/h1-6H,7H2. The number of hydrogen-bond donors (Lipinski definition) is 0. The van der Waals surface area contributed by atoms with Crippen molar-refractivity contribution in [2.75, 3.05) is 0 Å². The molecule has 0 unspecified atom stereocenters. The molecule has 0 N–H and O–H groups in total. The monoisotopic (exact) mass is 376 g/mol. The van der Waals surface area contributed by atoms with Crippen molar-refractivity contribution >= 4 is 56.5 Å². The second-order valence-electron chi connectivity index (χ2n) is 3.90. The number of hydrogen-bond acceptors (Lipinski definition) is 1. The van der Waals surface area contributed by atoms with E-state index in [2.05, 4.69) is 15.9 Å². The van der Waals surface area contributed by atoms with Crippen LogP contribution in [0.2, 0.25) is 15.1 Å². The van der Waals surface area contributed by atoms with E-state index in [9.17, 15) is 4.79 Å². The van der Waals surface area contributed by atoms with Crippen LogP contribution in [0.1, 0.15) is 21.5 Å². The largest absolute Gasteiger partial charge is 0.288 e. The van der Waals surface area contributed by atoms with E-state index >= 15 is 0 Å². The Kier molecular flexibility index (Phi) is 4.91. The van der Waals surface area contributed by atoms with Crippen LogP contribution in [0.3, 0.4) is 0 Å². The maximum atomic E-state index is 12.4. The van der Waals surface area contributed by atoms with E-state index in [1.54, 1.807) is 36.4 Å². The third-order valence-electron chi connectivity index (χ3n) is 2.59. The highest BCUT2D eigenvalue weighted by molar-refractivity contribution is 9.08. The molecule has 0 aliphatic rings. The lowest BCUT2D eigenvalue weighted by Crippen LogP contribution is -2.03. The Morgan fingerprint density at radius 3 is 2.00 bits per heavy atom. The predicted octanol–water partition coefficient (Wildman–Crippen LogP) is 5.77. The van der Waals surface area contributed by atoms with Crippen LogP contribution in [0, 0.1) is 0 Å². The molecule has 2 aromatic carbocycles. The number of rotatable bonds is 3.